The highest BCUT2D eigenvalue weighted by molar-refractivity contribution is 5.97. The number of furan rings is 1. The summed E-state index contributed by atoms with van der Waals surface area (Å²) in [6.45, 7) is 4.60. The van der Waals surface area contributed by atoms with Crippen molar-refractivity contribution in [2.75, 3.05) is 13.1 Å². The fourth-order valence-electron chi connectivity index (χ4n) is 3.68. The number of rotatable bonds is 4. The third-order valence-electron chi connectivity index (χ3n) is 4.93. The van der Waals surface area contributed by atoms with E-state index in [1.54, 1.807) is 0 Å². The van der Waals surface area contributed by atoms with Gasteiger partial charge in [0.1, 0.15) is 11.3 Å². The molecule has 4 rings (SSSR count). The summed E-state index contributed by atoms with van der Waals surface area (Å²) in [6, 6.07) is 7.61. The van der Waals surface area contributed by atoms with E-state index in [2.05, 4.69) is 10.3 Å². The van der Waals surface area contributed by atoms with Crippen LogP contribution in [0.4, 0.5) is 0 Å². The molecular weight excluding hydrogens is 330 g/mol. The minimum atomic E-state index is 0.0803. The Balaban J connectivity index is 1.46. The zero-order chi connectivity index (χ0) is 18.1. The van der Waals surface area contributed by atoms with Crippen LogP contribution in [0.15, 0.2) is 34.9 Å². The van der Waals surface area contributed by atoms with Gasteiger partial charge >= 0.3 is 0 Å². The molecule has 1 aliphatic heterocycles. The fraction of sp³-hybridized carbons (Fsp3) is 0.421. The summed E-state index contributed by atoms with van der Waals surface area (Å²) in [4.78, 5) is 14.9. The van der Waals surface area contributed by atoms with Gasteiger partial charge in [-0.05, 0) is 49.9 Å². The monoisotopic (exact) mass is 353 g/mol. The number of carbonyl (C=O) groups excluding carboxylic acids is 1. The second-order valence-electron chi connectivity index (χ2n) is 7.01. The number of benzene rings is 1. The van der Waals surface area contributed by atoms with Crippen LogP contribution in [0.25, 0.3) is 11.0 Å². The third kappa shape index (κ3) is 3.35. The van der Waals surface area contributed by atoms with Gasteiger partial charge in [0.25, 0.3) is 5.91 Å². The highest BCUT2D eigenvalue weighted by atomic mass is 16.3. The Bertz CT molecular complexity index is 929. The Labute approximate surface area is 151 Å². The maximum atomic E-state index is 12.9. The average molecular weight is 353 g/mol. The summed E-state index contributed by atoms with van der Waals surface area (Å²) in [6.07, 6.45) is 3.97. The molecule has 2 N–H and O–H groups in total. The zero-order valence-corrected chi connectivity index (χ0v) is 14.9. The van der Waals surface area contributed by atoms with Crippen LogP contribution in [0.1, 0.15) is 34.7 Å². The van der Waals surface area contributed by atoms with Crippen LogP contribution in [0.2, 0.25) is 0 Å². The highest BCUT2D eigenvalue weighted by Gasteiger charge is 2.25. The van der Waals surface area contributed by atoms with Crippen LogP contribution in [0, 0.1) is 12.8 Å². The van der Waals surface area contributed by atoms with Crippen LogP contribution in [-0.2, 0) is 13.1 Å². The van der Waals surface area contributed by atoms with Crippen molar-refractivity contribution in [3.63, 3.8) is 0 Å². The van der Waals surface area contributed by atoms with E-state index < -0.39 is 0 Å². The standard InChI is InChI=1S/C19H23N5O2/c1-13-7-16-8-15(4-5-18(16)26-13)19(25)23-6-2-3-14(10-23)11-24-12-17(9-20)21-22-24/h4-5,7-8,12,14H,2-3,6,9-11,20H2,1H3/t14-/m0/s1. The Kier molecular flexibility index (Phi) is 4.46. The number of nitrogens with two attached hydrogens (primary N) is 1. The molecule has 0 unspecified atom stereocenters. The van der Waals surface area contributed by atoms with E-state index in [9.17, 15) is 4.79 Å². The molecule has 0 bridgehead atoms. The minimum Gasteiger partial charge on any atom is -0.461 e. The lowest BCUT2D eigenvalue weighted by Crippen LogP contribution is -2.41. The van der Waals surface area contributed by atoms with Crippen molar-refractivity contribution < 1.29 is 9.21 Å². The SMILES string of the molecule is Cc1cc2cc(C(=O)N3CCC[C@H](Cn4cc(CN)nn4)C3)ccc2o1. The predicted molar refractivity (Wildman–Crippen MR) is 97.5 cm³/mol. The van der Waals surface area contributed by atoms with E-state index in [4.69, 9.17) is 10.2 Å². The molecular formula is C19H23N5O2. The topological polar surface area (TPSA) is 90.2 Å². The first-order chi connectivity index (χ1) is 12.6. The number of fused-ring (bicyclic) bond motifs is 1. The Hall–Kier alpha value is -2.67. The van der Waals surface area contributed by atoms with Crippen molar-refractivity contribution in [1.29, 1.82) is 0 Å². The molecule has 0 aliphatic carbocycles. The van der Waals surface area contributed by atoms with Crippen molar-refractivity contribution in [2.24, 2.45) is 11.7 Å². The van der Waals surface area contributed by atoms with Gasteiger partial charge in [-0.1, -0.05) is 5.21 Å². The van der Waals surface area contributed by atoms with Crippen molar-refractivity contribution in [3.8, 4) is 0 Å². The first-order valence-corrected chi connectivity index (χ1v) is 9.01. The van der Waals surface area contributed by atoms with E-state index in [1.165, 1.54) is 0 Å². The van der Waals surface area contributed by atoms with E-state index in [-0.39, 0.29) is 5.91 Å². The predicted octanol–water partition coefficient (Wildman–Crippen LogP) is 2.34. The number of carbonyl (C=O) groups is 1. The number of aromatic nitrogens is 3. The number of hydrogen-bond donors (Lipinski definition) is 1. The van der Waals surface area contributed by atoms with Gasteiger partial charge < -0.3 is 15.1 Å². The quantitative estimate of drug-likeness (QED) is 0.777. The molecule has 7 heteroatoms. The molecule has 26 heavy (non-hydrogen) atoms. The Morgan fingerprint density at radius 2 is 2.27 bits per heavy atom. The van der Waals surface area contributed by atoms with Crippen molar-refractivity contribution in [2.45, 2.75) is 32.9 Å². The summed E-state index contributed by atoms with van der Waals surface area (Å²) in [7, 11) is 0. The highest BCUT2D eigenvalue weighted by Crippen LogP contribution is 2.23. The molecule has 0 saturated carbocycles. The number of piperidine rings is 1. The van der Waals surface area contributed by atoms with E-state index in [1.807, 2.05) is 47.0 Å². The molecule has 3 aromatic rings. The molecule has 0 spiro atoms. The first kappa shape index (κ1) is 16.8. The second-order valence-corrected chi connectivity index (χ2v) is 7.01. The minimum absolute atomic E-state index is 0.0803. The van der Waals surface area contributed by atoms with Crippen LogP contribution >= 0.6 is 0 Å². The fourth-order valence-corrected chi connectivity index (χ4v) is 3.68. The van der Waals surface area contributed by atoms with Gasteiger partial charge in [0.2, 0.25) is 0 Å². The molecule has 1 atom stereocenters. The van der Waals surface area contributed by atoms with E-state index in [0.29, 0.717) is 18.0 Å². The maximum absolute atomic E-state index is 12.9. The van der Waals surface area contributed by atoms with E-state index >= 15 is 0 Å². The molecule has 1 fully saturated rings. The lowest BCUT2D eigenvalue weighted by molar-refractivity contribution is 0.0659. The summed E-state index contributed by atoms with van der Waals surface area (Å²) >= 11 is 0. The van der Waals surface area contributed by atoms with Crippen molar-refractivity contribution >= 4 is 16.9 Å². The third-order valence-corrected chi connectivity index (χ3v) is 4.93. The van der Waals surface area contributed by atoms with Gasteiger partial charge in [-0.3, -0.25) is 9.48 Å². The number of amides is 1. The van der Waals surface area contributed by atoms with Crippen LogP contribution in [0.5, 0.6) is 0 Å². The smallest absolute Gasteiger partial charge is 0.253 e. The Morgan fingerprint density at radius 1 is 1.38 bits per heavy atom. The summed E-state index contributed by atoms with van der Waals surface area (Å²) in [5, 5.41) is 9.12. The molecule has 0 radical (unpaired) electrons. The van der Waals surface area contributed by atoms with Gasteiger partial charge in [0.05, 0.1) is 5.69 Å². The van der Waals surface area contributed by atoms with Crippen molar-refractivity contribution in [1.82, 2.24) is 19.9 Å². The molecule has 3 heterocycles. The van der Waals surface area contributed by atoms with Gasteiger partial charge in [-0.15, -0.1) is 5.10 Å². The van der Waals surface area contributed by atoms with E-state index in [0.717, 1.165) is 54.9 Å². The maximum Gasteiger partial charge on any atom is 0.253 e. The molecule has 1 saturated heterocycles. The molecule has 7 nitrogen and oxygen atoms in total. The normalized spacial score (nSPS) is 17.8. The van der Waals surface area contributed by atoms with Crippen LogP contribution < -0.4 is 5.73 Å². The van der Waals surface area contributed by atoms with Crippen molar-refractivity contribution in [3.05, 3.63) is 47.5 Å². The molecule has 1 aliphatic rings. The van der Waals surface area contributed by atoms with Gasteiger partial charge in [0, 0.05) is 43.3 Å². The summed E-state index contributed by atoms with van der Waals surface area (Å²) < 4.78 is 7.43. The molecule has 136 valence electrons. The van der Waals surface area contributed by atoms with Crippen LogP contribution in [-0.4, -0.2) is 38.9 Å². The summed E-state index contributed by atoms with van der Waals surface area (Å²) in [5.41, 5.74) is 7.91. The number of hydrogen-bond acceptors (Lipinski definition) is 5. The molecule has 1 amide bonds. The number of nitrogens with zero attached hydrogens (tertiary/aromatic N) is 4. The summed E-state index contributed by atoms with van der Waals surface area (Å²) in [5.74, 6) is 1.31. The van der Waals surface area contributed by atoms with Crippen LogP contribution in [0.3, 0.4) is 0 Å². The average Bonchev–Trinajstić information content (AvgIpc) is 3.25. The lowest BCUT2D eigenvalue weighted by atomic mass is 9.97. The number of aryl methyl sites for hydroxylation is 1. The van der Waals surface area contributed by atoms with Gasteiger partial charge in [0.15, 0.2) is 0 Å². The van der Waals surface area contributed by atoms with Gasteiger partial charge in [-0.25, -0.2) is 0 Å². The largest absolute Gasteiger partial charge is 0.461 e. The number of likely N-dealkylation sites (tertiary alicyclic amines) is 1. The molecule has 1 aromatic carbocycles. The molecule has 2 aromatic heterocycles. The lowest BCUT2D eigenvalue weighted by Gasteiger charge is -2.32. The van der Waals surface area contributed by atoms with Gasteiger partial charge in [-0.2, -0.15) is 0 Å². The second kappa shape index (κ2) is 6.92. The Morgan fingerprint density at radius 3 is 3.08 bits per heavy atom. The first-order valence-electron chi connectivity index (χ1n) is 9.01. The zero-order valence-electron chi connectivity index (χ0n) is 14.9.